The Morgan fingerprint density at radius 2 is 1.87 bits per heavy atom. The topological polar surface area (TPSA) is 52.2 Å². The van der Waals surface area contributed by atoms with Crippen molar-refractivity contribution in [3.05, 3.63) is 75.4 Å². The van der Waals surface area contributed by atoms with E-state index >= 15 is 0 Å². The molecule has 31 heavy (non-hydrogen) atoms. The molecule has 1 saturated heterocycles. The van der Waals surface area contributed by atoms with E-state index in [0.29, 0.717) is 16.7 Å². The molecule has 3 heterocycles. The molecule has 2 aromatic heterocycles. The maximum absolute atomic E-state index is 12.8. The van der Waals surface area contributed by atoms with E-state index in [9.17, 15) is 4.79 Å². The third-order valence-electron chi connectivity index (χ3n) is 6.04. The van der Waals surface area contributed by atoms with Crippen LogP contribution in [0.1, 0.15) is 18.1 Å². The molecule has 1 unspecified atom stereocenters. The highest BCUT2D eigenvalue weighted by Gasteiger charge is 2.26. The van der Waals surface area contributed by atoms with E-state index in [4.69, 9.17) is 4.98 Å². The van der Waals surface area contributed by atoms with Crippen LogP contribution in [0.15, 0.2) is 58.7 Å². The normalized spacial score (nSPS) is 16.8. The molecule has 5 nitrogen and oxygen atoms in total. The summed E-state index contributed by atoms with van der Waals surface area (Å²) < 4.78 is 0.686. The number of anilines is 2. The Bertz CT molecular complexity index is 1290. The largest absolute Gasteiger partial charge is 0.365 e. The van der Waals surface area contributed by atoms with Crippen LogP contribution < -0.4 is 15.4 Å². The number of rotatable bonds is 3. The zero-order valence-corrected chi connectivity index (χ0v) is 18.9. The Morgan fingerprint density at radius 3 is 2.61 bits per heavy atom. The molecule has 0 saturated carbocycles. The second-order valence-electron chi connectivity index (χ2n) is 8.41. The molecule has 4 aromatic rings. The molecule has 158 valence electrons. The maximum Gasteiger partial charge on any atom is 0.270 e. The molecule has 1 aliphatic rings. The average Bonchev–Trinajstić information content (AvgIpc) is 3.19. The van der Waals surface area contributed by atoms with Gasteiger partial charge in [-0.15, -0.1) is 11.3 Å². The van der Waals surface area contributed by atoms with Crippen molar-refractivity contribution in [3.8, 4) is 11.1 Å². The molecule has 0 radical (unpaired) electrons. The number of H-pyrrole nitrogens is 1. The summed E-state index contributed by atoms with van der Waals surface area (Å²) in [6, 6.07) is 17.3. The van der Waals surface area contributed by atoms with Gasteiger partial charge in [0.25, 0.3) is 5.56 Å². The summed E-state index contributed by atoms with van der Waals surface area (Å²) in [5, 5.41) is 2.04. The summed E-state index contributed by atoms with van der Waals surface area (Å²) in [6.45, 7) is 8.95. The standard InChI is InChI=1S/C25H26N4OS/c1-16-7-9-19(10-8-16)21-15-31-23-22(21)26-25(27-24(23)30)28-11-12-29(18(3)14-28)20-6-4-5-17(2)13-20/h4-10,13,15,18H,11-12,14H2,1-3H3,(H,26,27,30). The van der Waals surface area contributed by atoms with Gasteiger partial charge in [0.2, 0.25) is 5.95 Å². The second-order valence-corrected chi connectivity index (χ2v) is 9.29. The maximum atomic E-state index is 12.8. The predicted molar refractivity (Wildman–Crippen MR) is 131 cm³/mol. The molecule has 2 aromatic carbocycles. The van der Waals surface area contributed by atoms with Crippen LogP contribution in [0.4, 0.5) is 11.6 Å². The number of aryl methyl sites for hydroxylation is 2. The van der Waals surface area contributed by atoms with Gasteiger partial charge in [-0.1, -0.05) is 42.0 Å². The first-order valence-electron chi connectivity index (χ1n) is 10.7. The van der Waals surface area contributed by atoms with Gasteiger partial charge in [0.1, 0.15) is 4.70 Å². The highest BCUT2D eigenvalue weighted by Crippen LogP contribution is 2.32. The number of aromatic nitrogens is 2. The zero-order chi connectivity index (χ0) is 21.5. The molecule has 1 aliphatic heterocycles. The van der Waals surface area contributed by atoms with Crippen LogP contribution in [0.5, 0.6) is 0 Å². The third kappa shape index (κ3) is 3.72. The van der Waals surface area contributed by atoms with E-state index in [2.05, 4.69) is 84.1 Å². The number of aromatic amines is 1. The lowest BCUT2D eigenvalue weighted by atomic mass is 10.1. The first-order valence-corrected chi connectivity index (χ1v) is 11.5. The Morgan fingerprint density at radius 1 is 1.06 bits per heavy atom. The predicted octanol–water partition coefficient (Wildman–Crippen LogP) is 4.98. The van der Waals surface area contributed by atoms with Crippen molar-refractivity contribution >= 4 is 33.2 Å². The minimum atomic E-state index is -0.0582. The van der Waals surface area contributed by atoms with Gasteiger partial charge in [0, 0.05) is 42.3 Å². The highest BCUT2D eigenvalue weighted by molar-refractivity contribution is 7.17. The van der Waals surface area contributed by atoms with Crippen molar-refractivity contribution in [2.24, 2.45) is 0 Å². The van der Waals surface area contributed by atoms with Gasteiger partial charge >= 0.3 is 0 Å². The van der Waals surface area contributed by atoms with Crippen molar-refractivity contribution < 1.29 is 0 Å². The Labute approximate surface area is 186 Å². The van der Waals surface area contributed by atoms with Crippen molar-refractivity contribution in [1.29, 1.82) is 0 Å². The van der Waals surface area contributed by atoms with Crippen molar-refractivity contribution in [2.75, 3.05) is 29.4 Å². The van der Waals surface area contributed by atoms with E-state index < -0.39 is 0 Å². The highest BCUT2D eigenvalue weighted by atomic mass is 32.1. The number of piperazine rings is 1. The van der Waals surface area contributed by atoms with Crippen molar-refractivity contribution in [2.45, 2.75) is 26.8 Å². The molecular weight excluding hydrogens is 404 g/mol. The molecule has 1 atom stereocenters. The van der Waals surface area contributed by atoms with Crippen LogP contribution in [0.2, 0.25) is 0 Å². The molecule has 1 N–H and O–H groups in total. The average molecular weight is 431 g/mol. The third-order valence-corrected chi connectivity index (χ3v) is 7.00. The number of benzene rings is 2. The van der Waals surface area contributed by atoms with Crippen LogP contribution in [-0.4, -0.2) is 35.6 Å². The minimum Gasteiger partial charge on any atom is -0.365 e. The van der Waals surface area contributed by atoms with Gasteiger partial charge < -0.3 is 9.80 Å². The fourth-order valence-electron chi connectivity index (χ4n) is 4.34. The quantitative estimate of drug-likeness (QED) is 0.498. The summed E-state index contributed by atoms with van der Waals surface area (Å²) in [6.07, 6.45) is 0. The Kier molecular flexibility index (Phi) is 5.02. The van der Waals surface area contributed by atoms with Crippen LogP contribution in [0.3, 0.4) is 0 Å². The first kappa shape index (κ1) is 19.8. The fraction of sp³-hybridized carbons (Fsp3) is 0.280. The second kappa shape index (κ2) is 7.85. The molecule has 0 bridgehead atoms. The monoisotopic (exact) mass is 430 g/mol. The number of fused-ring (bicyclic) bond motifs is 1. The van der Waals surface area contributed by atoms with E-state index in [-0.39, 0.29) is 5.56 Å². The minimum absolute atomic E-state index is 0.0582. The number of hydrogen-bond acceptors (Lipinski definition) is 5. The van der Waals surface area contributed by atoms with E-state index in [1.165, 1.54) is 28.2 Å². The molecule has 5 rings (SSSR count). The van der Waals surface area contributed by atoms with Gasteiger partial charge in [0.05, 0.1) is 5.52 Å². The molecule has 0 spiro atoms. The summed E-state index contributed by atoms with van der Waals surface area (Å²) in [5.41, 5.74) is 6.60. The lowest BCUT2D eigenvalue weighted by Crippen LogP contribution is -2.52. The van der Waals surface area contributed by atoms with Crippen LogP contribution in [0.25, 0.3) is 21.3 Å². The van der Waals surface area contributed by atoms with Gasteiger partial charge in [-0.25, -0.2) is 4.98 Å². The van der Waals surface area contributed by atoms with E-state index in [1.807, 2.05) is 5.38 Å². The SMILES string of the molecule is Cc1ccc(-c2csc3c(=O)[nH]c(N4CCN(c5cccc(C)c5)C(C)C4)nc23)cc1. The smallest absolute Gasteiger partial charge is 0.270 e. The van der Waals surface area contributed by atoms with Gasteiger partial charge in [0.15, 0.2) is 0 Å². The summed E-state index contributed by atoms with van der Waals surface area (Å²) in [7, 11) is 0. The molecule has 1 fully saturated rings. The number of thiophene rings is 1. The van der Waals surface area contributed by atoms with E-state index in [1.54, 1.807) is 0 Å². The molecule has 6 heteroatoms. The van der Waals surface area contributed by atoms with E-state index in [0.717, 1.165) is 36.3 Å². The van der Waals surface area contributed by atoms with Crippen LogP contribution >= 0.6 is 11.3 Å². The van der Waals surface area contributed by atoms with Gasteiger partial charge in [-0.2, -0.15) is 0 Å². The lowest BCUT2D eigenvalue weighted by Gasteiger charge is -2.41. The van der Waals surface area contributed by atoms with Crippen molar-refractivity contribution in [3.63, 3.8) is 0 Å². The molecule has 0 amide bonds. The number of nitrogens with zero attached hydrogens (tertiary/aromatic N) is 3. The number of hydrogen-bond donors (Lipinski definition) is 1. The molecular formula is C25H26N4OS. The van der Waals surface area contributed by atoms with Crippen molar-refractivity contribution in [1.82, 2.24) is 9.97 Å². The summed E-state index contributed by atoms with van der Waals surface area (Å²) in [4.78, 5) is 25.4. The Balaban J connectivity index is 1.46. The van der Waals surface area contributed by atoms with Crippen LogP contribution in [0, 0.1) is 13.8 Å². The summed E-state index contributed by atoms with van der Waals surface area (Å²) >= 11 is 1.46. The molecule has 0 aliphatic carbocycles. The lowest BCUT2D eigenvalue weighted by molar-refractivity contribution is 0.543. The van der Waals surface area contributed by atoms with Crippen LogP contribution in [-0.2, 0) is 0 Å². The fourth-order valence-corrected chi connectivity index (χ4v) is 5.25. The zero-order valence-electron chi connectivity index (χ0n) is 18.1. The Hall–Kier alpha value is -3.12. The van der Waals surface area contributed by atoms with Gasteiger partial charge in [-0.3, -0.25) is 9.78 Å². The first-order chi connectivity index (χ1) is 15.0. The summed E-state index contributed by atoms with van der Waals surface area (Å²) in [5.74, 6) is 0.667. The van der Waals surface area contributed by atoms with Gasteiger partial charge in [-0.05, 0) is 44.0 Å². The number of nitrogens with one attached hydrogen (secondary N) is 1.